The Labute approximate surface area is 199 Å². The molecule has 4 heteroatoms. The molecule has 2 aliphatic rings. The van der Waals surface area contributed by atoms with Crippen molar-refractivity contribution in [1.82, 2.24) is 0 Å². The number of hydrogen-bond donors (Lipinski definition) is 1. The van der Waals surface area contributed by atoms with E-state index < -0.39 is 5.60 Å². The second-order valence-electron chi connectivity index (χ2n) is 9.55. The van der Waals surface area contributed by atoms with Crippen molar-refractivity contribution in [2.24, 2.45) is 5.41 Å². The smallest absolute Gasteiger partial charge is 0.126 e. The van der Waals surface area contributed by atoms with Gasteiger partial charge in [0.15, 0.2) is 0 Å². The van der Waals surface area contributed by atoms with Crippen LogP contribution in [0, 0.1) is 5.41 Å². The Kier molecular flexibility index (Phi) is 5.87. The number of aliphatic hydroxyl groups is 1. The van der Waals surface area contributed by atoms with Crippen molar-refractivity contribution in [1.29, 1.82) is 0 Å². The molecule has 32 heavy (non-hydrogen) atoms. The van der Waals surface area contributed by atoms with Crippen LogP contribution in [0.5, 0.6) is 5.75 Å². The summed E-state index contributed by atoms with van der Waals surface area (Å²) >= 11 is 3.47. The maximum absolute atomic E-state index is 12.4. The van der Waals surface area contributed by atoms with Gasteiger partial charge in [-0.15, -0.1) is 0 Å². The summed E-state index contributed by atoms with van der Waals surface area (Å²) in [5.74, 6) is 0.924. The largest absolute Gasteiger partial charge is 0.493 e. The number of hydrogen-bond acceptors (Lipinski definition) is 2. The van der Waals surface area contributed by atoms with E-state index >= 15 is 0 Å². The zero-order valence-electron chi connectivity index (χ0n) is 18.4. The summed E-state index contributed by atoms with van der Waals surface area (Å²) in [6.07, 6.45) is 3.14. The molecule has 0 aromatic heterocycles. The van der Waals surface area contributed by atoms with Crippen LogP contribution in [0.15, 0.2) is 89.4 Å². The van der Waals surface area contributed by atoms with Gasteiger partial charge in [-0.05, 0) is 35.4 Å². The molecule has 1 N–H and O–H groups in total. The van der Waals surface area contributed by atoms with Crippen LogP contribution in [-0.4, -0.2) is 42.4 Å². The first-order valence-corrected chi connectivity index (χ1v) is 12.4. The van der Waals surface area contributed by atoms with E-state index in [0.717, 1.165) is 77.9 Å². The first-order chi connectivity index (χ1) is 15.6. The highest BCUT2D eigenvalue weighted by Crippen LogP contribution is 2.58. The third-order valence-electron chi connectivity index (χ3n) is 7.78. The van der Waals surface area contributed by atoms with Gasteiger partial charge < -0.3 is 14.3 Å². The molecule has 2 heterocycles. The van der Waals surface area contributed by atoms with E-state index in [4.69, 9.17) is 4.74 Å². The van der Waals surface area contributed by atoms with E-state index in [1.54, 1.807) is 0 Å². The lowest BCUT2D eigenvalue weighted by atomic mass is 9.63. The lowest BCUT2D eigenvalue weighted by Gasteiger charge is -2.42. The maximum Gasteiger partial charge on any atom is 0.126 e. The lowest BCUT2D eigenvalue weighted by molar-refractivity contribution is -0.909. The van der Waals surface area contributed by atoms with E-state index in [2.05, 4.69) is 40.2 Å². The van der Waals surface area contributed by atoms with Gasteiger partial charge in [0.25, 0.3) is 0 Å². The predicted octanol–water partition coefficient (Wildman–Crippen LogP) is 5.76. The van der Waals surface area contributed by atoms with E-state index in [0.29, 0.717) is 0 Å². The van der Waals surface area contributed by atoms with Crippen molar-refractivity contribution in [2.45, 2.75) is 24.9 Å². The van der Waals surface area contributed by atoms with Gasteiger partial charge in [0.1, 0.15) is 11.4 Å². The Balaban J connectivity index is 1.33. The minimum Gasteiger partial charge on any atom is -0.493 e. The zero-order chi connectivity index (χ0) is 22.1. The van der Waals surface area contributed by atoms with Crippen LogP contribution >= 0.6 is 15.9 Å². The van der Waals surface area contributed by atoms with Crippen LogP contribution in [0.2, 0.25) is 0 Å². The second-order valence-corrected chi connectivity index (χ2v) is 10.5. The van der Waals surface area contributed by atoms with Crippen molar-refractivity contribution < 1.29 is 14.3 Å². The van der Waals surface area contributed by atoms with Gasteiger partial charge in [-0.1, -0.05) is 76.6 Å². The molecule has 2 fully saturated rings. The summed E-state index contributed by atoms with van der Waals surface area (Å²) in [6.45, 7) is 5.15. The number of benzene rings is 3. The molecule has 0 atom stereocenters. The molecule has 0 aliphatic carbocycles. The van der Waals surface area contributed by atoms with Crippen molar-refractivity contribution in [2.75, 3.05) is 32.8 Å². The average Bonchev–Trinajstić information content (AvgIpc) is 3.42. The highest BCUT2D eigenvalue weighted by Gasteiger charge is 2.65. The van der Waals surface area contributed by atoms with Gasteiger partial charge in [-0.25, -0.2) is 0 Å². The molecule has 2 aliphatic heterocycles. The number of piperidine rings is 1. The number of nitrogens with zero attached hydrogens (tertiary/aromatic N) is 1. The Morgan fingerprint density at radius 1 is 0.844 bits per heavy atom. The number of fused-ring (bicyclic) bond motifs is 2. The molecular weight excluding hydrogens is 462 g/mol. The fourth-order valence-electron chi connectivity index (χ4n) is 6.13. The van der Waals surface area contributed by atoms with Gasteiger partial charge in [0, 0.05) is 23.7 Å². The standard InChI is InChI=1S/C28H31BrNO2/c29-25-12-14-26(15-13-25)32-21-7-18-30-19-16-27(22-30,17-20-30)28(31,23-8-3-1-4-9-23)24-10-5-2-6-11-24/h1-6,8-15,31H,7,16-22H2/q+1. The van der Waals surface area contributed by atoms with Crippen LogP contribution in [0.4, 0.5) is 0 Å². The lowest BCUT2D eigenvalue weighted by Crippen LogP contribution is -2.47. The number of halogens is 1. The highest BCUT2D eigenvalue weighted by molar-refractivity contribution is 9.10. The van der Waals surface area contributed by atoms with Crippen LogP contribution < -0.4 is 4.74 Å². The van der Waals surface area contributed by atoms with Crippen molar-refractivity contribution in [3.05, 3.63) is 101 Å². The van der Waals surface area contributed by atoms with Gasteiger partial charge in [-0.2, -0.15) is 0 Å². The van der Waals surface area contributed by atoms with E-state index in [-0.39, 0.29) is 5.41 Å². The zero-order valence-corrected chi connectivity index (χ0v) is 20.0. The summed E-state index contributed by atoms with van der Waals surface area (Å²) in [6, 6.07) is 28.7. The molecule has 3 aromatic carbocycles. The summed E-state index contributed by atoms with van der Waals surface area (Å²) in [5, 5.41) is 12.4. The fraction of sp³-hybridized carbons (Fsp3) is 0.357. The van der Waals surface area contributed by atoms with Crippen LogP contribution in [0.3, 0.4) is 0 Å². The maximum atomic E-state index is 12.4. The molecule has 0 unspecified atom stereocenters. The summed E-state index contributed by atoms with van der Waals surface area (Å²) in [7, 11) is 0. The quantitative estimate of drug-likeness (QED) is 0.319. The number of rotatable bonds is 8. The molecule has 2 bridgehead atoms. The van der Waals surface area contributed by atoms with Gasteiger partial charge in [0.2, 0.25) is 0 Å². The van der Waals surface area contributed by atoms with Gasteiger partial charge in [-0.3, -0.25) is 0 Å². The Morgan fingerprint density at radius 2 is 1.41 bits per heavy atom. The Morgan fingerprint density at radius 3 is 1.97 bits per heavy atom. The average molecular weight is 493 g/mol. The van der Waals surface area contributed by atoms with E-state index in [1.165, 1.54) is 0 Å². The molecular formula is C28H31BrNO2+. The molecule has 5 rings (SSSR count). The van der Waals surface area contributed by atoms with E-state index in [1.807, 2.05) is 60.7 Å². The SMILES string of the molecule is OC(c1ccccc1)(c1ccccc1)C12CC[N+](CCCOc3ccc(Br)cc3)(CC1)C2. The number of ether oxygens (including phenoxy) is 1. The van der Waals surface area contributed by atoms with Crippen molar-refractivity contribution in [3.63, 3.8) is 0 Å². The van der Waals surface area contributed by atoms with E-state index in [9.17, 15) is 5.11 Å². The molecule has 3 nitrogen and oxygen atoms in total. The number of quaternary nitrogens is 1. The summed E-state index contributed by atoms with van der Waals surface area (Å²) in [4.78, 5) is 0. The summed E-state index contributed by atoms with van der Waals surface area (Å²) in [5.41, 5.74) is 0.959. The van der Waals surface area contributed by atoms with Crippen molar-refractivity contribution in [3.8, 4) is 5.75 Å². The third kappa shape index (κ3) is 3.79. The second kappa shape index (κ2) is 8.66. The Hall–Kier alpha value is -2.14. The molecule has 0 spiro atoms. The molecule has 0 amide bonds. The van der Waals surface area contributed by atoms with Crippen molar-refractivity contribution >= 4 is 15.9 Å². The minimum absolute atomic E-state index is 0.123. The minimum atomic E-state index is -0.958. The molecule has 0 saturated carbocycles. The molecule has 2 saturated heterocycles. The normalized spacial score (nSPS) is 24.6. The van der Waals surface area contributed by atoms with Crippen LogP contribution in [-0.2, 0) is 5.60 Å². The first kappa shape index (κ1) is 21.7. The van der Waals surface area contributed by atoms with Crippen LogP contribution in [0.25, 0.3) is 0 Å². The third-order valence-corrected chi connectivity index (χ3v) is 8.31. The molecule has 3 aromatic rings. The first-order valence-electron chi connectivity index (χ1n) is 11.6. The fourth-order valence-corrected chi connectivity index (χ4v) is 6.40. The van der Waals surface area contributed by atoms with Crippen LogP contribution in [0.1, 0.15) is 30.4 Å². The highest BCUT2D eigenvalue weighted by atomic mass is 79.9. The summed E-state index contributed by atoms with van der Waals surface area (Å²) < 4.78 is 8.15. The topological polar surface area (TPSA) is 29.5 Å². The monoisotopic (exact) mass is 492 g/mol. The predicted molar refractivity (Wildman–Crippen MR) is 132 cm³/mol. The van der Waals surface area contributed by atoms with Gasteiger partial charge >= 0.3 is 0 Å². The van der Waals surface area contributed by atoms with Gasteiger partial charge in [0.05, 0.1) is 38.2 Å². The molecule has 0 radical (unpaired) electrons. The molecule has 166 valence electrons. The Bertz CT molecular complexity index is 989.